The van der Waals surface area contributed by atoms with Crippen molar-refractivity contribution >= 4 is 0 Å². The summed E-state index contributed by atoms with van der Waals surface area (Å²) in [6, 6.07) is 4.01. The van der Waals surface area contributed by atoms with Crippen LogP contribution in [0.4, 0.5) is 0 Å². The van der Waals surface area contributed by atoms with Crippen molar-refractivity contribution in [2.75, 3.05) is 0 Å². The van der Waals surface area contributed by atoms with Gasteiger partial charge in [0.25, 0.3) is 0 Å². The summed E-state index contributed by atoms with van der Waals surface area (Å²) in [7, 11) is 0. The second-order valence-electron chi connectivity index (χ2n) is 4.81. The molecule has 0 radical (unpaired) electrons. The Morgan fingerprint density at radius 3 is 2.71 bits per heavy atom. The molecule has 17 heavy (non-hydrogen) atoms. The quantitative estimate of drug-likeness (QED) is 0.870. The first-order valence-electron chi connectivity index (χ1n) is 6.67. The minimum Gasteiger partial charge on any atom is -0.489 e. The van der Waals surface area contributed by atoms with Crippen molar-refractivity contribution in [1.82, 2.24) is 4.98 Å². The van der Waals surface area contributed by atoms with Crippen molar-refractivity contribution in [2.45, 2.75) is 57.6 Å². The van der Waals surface area contributed by atoms with E-state index in [0.717, 1.165) is 17.9 Å². The van der Waals surface area contributed by atoms with E-state index in [2.05, 4.69) is 11.9 Å². The van der Waals surface area contributed by atoms with Gasteiger partial charge < -0.3 is 10.5 Å². The first kappa shape index (κ1) is 12.4. The lowest BCUT2D eigenvalue weighted by Gasteiger charge is -2.22. The molecule has 94 valence electrons. The molecule has 0 amide bonds. The lowest BCUT2D eigenvalue weighted by molar-refractivity contribution is 0.154. The van der Waals surface area contributed by atoms with Gasteiger partial charge in [0.1, 0.15) is 5.75 Å². The smallest absolute Gasteiger partial charge is 0.138 e. The molecule has 1 aliphatic carbocycles. The minimum absolute atomic E-state index is 0.0405. The van der Waals surface area contributed by atoms with Crippen molar-refractivity contribution in [1.29, 1.82) is 0 Å². The average Bonchev–Trinajstić information content (AvgIpc) is 2.40. The molecule has 0 aromatic carbocycles. The van der Waals surface area contributed by atoms with Gasteiger partial charge in [-0.15, -0.1) is 0 Å². The number of pyridine rings is 1. The summed E-state index contributed by atoms with van der Waals surface area (Å²) >= 11 is 0. The van der Waals surface area contributed by atoms with Crippen LogP contribution in [0.2, 0.25) is 0 Å². The molecule has 3 nitrogen and oxygen atoms in total. The average molecular weight is 234 g/mol. The van der Waals surface area contributed by atoms with Crippen LogP contribution in [0.1, 0.15) is 57.2 Å². The Hall–Kier alpha value is -1.09. The standard InChI is InChI=1S/C14H22N2O/c1-2-13(15)14-9-8-12(10-16-14)17-11-6-4-3-5-7-11/h8-11,13H,2-7,15H2,1H3/t13-/m0/s1. The number of rotatable bonds is 4. The summed E-state index contributed by atoms with van der Waals surface area (Å²) in [4.78, 5) is 4.36. The molecule has 1 saturated carbocycles. The fraction of sp³-hybridized carbons (Fsp3) is 0.643. The molecule has 1 fully saturated rings. The molecule has 0 unspecified atom stereocenters. The van der Waals surface area contributed by atoms with Gasteiger partial charge in [-0.1, -0.05) is 13.3 Å². The largest absolute Gasteiger partial charge is 0.489 e. The third kappa shape index (κ3) is 3.43. The van der Waals surface area contributed by atoms with E-state index in [0.29, 0.717) is 6.10 Å². The van der Waals surface area contributed by atoms with Crippen LogP contribution in [0.25, 0.3) is 0 Å². The number of nitrogens with zero attached hydrogens (tertiary/aromatic N) is 1. The molecule has 1 atom stereocenters. The van der Waals surface area contributed by atoms with Crippen molar-refractivity contribution in [3.63, 3.8) is 0 Å². The van der Waals surface area contributed by atoms with E-state index >= 15 is 0 Å². The minimum atomic E-state index is 0.0405. The highest BCUT2D eigenvalue weighted by Gasteiger charge is 2.15. The highest BCUT2D eigenvalue weighted by atomic mass is 16.5. The Morgan fingerprint density at radius 2 is 2.12 bits per heavy atom. The number of aromatic nitrogens is 1. The first-order valence-corrected chi connectivity index (χ1v) is 6.67. The Balaban J connectivity index is 1.93. The van der Waals surface area contributed by atoms with Gasteiger partial charge >= 0.3 is 0 Å². The summed E-state index contributed by atoms with van der Waals surface area (Å²) < 4.78 is 5.92. The number of hydrogen-bond acceptors (Lipinski definition) is 3. The molecule has 0 spiro atoms. The topological polar surface area (TPSA) is 48.1 Å². The Bertz CT molecular complexity index is 331. The second kappa shape index (κ2) is 6.01. The van der Waals surface area contributed by atoms with Crippen LogP contribution in [0.5, 0.6) is 5.75 Å². The molecular formula is C14H22N2O. The first-order chi connectivity index (χ1) is 8.29. The fourth-order valence-corrected chi connectivity index (χ4v) is 2.27. The van der Waals surface area contributed by atoms with Gasteiger partial charge in [0.2, 0.25) is 0 Å². The summed E-state index contributed by atoms with van der Waals surface area (Å²) in [6.45, 7) is 2.07. The zero-order chi connectivity index (χ0) is 12.1. The van der Waals surface area contributed by atoms with E-state index in [1.807, 2.05) is 12.1 Å². The van der Waals surface area contributed by atoms with E-state index in [1.54, 1.807) is 6.20 Å². The third-order valence-electron chi connectivity index (χ3n) is 3.43. The van der Waals surface area contributed by atoms with Gasteiger partial charge in [-0.2, -0.15) is 0 Å². The van der Waals surface area contributed by atoms with Crippen molar-refractivity contribution in [3.05, 3.63) is 24.0 Å². The highest BCUT2D eigenvalue weighted by Crippen LogP contribution is 2.23. The fourth-order valence-electron chi connectivity index (χ4n) is 2.27. The molecule has 2 rings (SSSR count). The summed E-state index contributed by atoms with van der Waals surface area (Å²) in [5.74, 6) is 0.879. The number of ether oxygens (including phenoxy) is 1. The van der Waals surface area contributed by atoms with Gasteiger partial charge in [0, 0.05) is 6.04 Å². The molecule has 1 aromatic heterocycles. The van der Waals surface area contributed by atoms with Crippen molar-refractivity contribution < 1.29 is 4.74 Å². The summed E-state index contributed by atoms with van der Waals surface area (Å²) in [6.07, 6.45) is 9.38. The van der Waals surface area contributed by atoms with Crippen LogP contribution < -0.4 is 10.5 Å². The van der Waals surface area contributed by atoms with E-state index in [1.165, 1.54) is 32.1 Å². The lowest BCUT2D eigenvalue weighted by Crippen LogP contribution is -2.19. The SMILES string of the molecule is CC[C@H](N)c1ccc(OC2CCCCC2)cn1. The number of hydrogen-bond donors (Lipinski definition) is 1. The summed E-state index contributed by atoms with van der Waals surface area (Å²) in [5.41, 5.74) is 6.87. The van der Waals surface area contributed by atoms with Gasteiger partial charge in [-0.3, -0.25) is 4.98 Å². The maximum atomic E-state index is 5.93. The third-order valence-corrected chi connectivity index (χ3v) is 3.43. The molecule has 1 aliphatic rings. The molecule has 2 N–H and O–H groups in total. The molecular weight excluding hydrogens is 212 g/mol. The predicted octanol–water partition coefficient (Wildman–Crippen LogP) is 3.20. The van der Waals surface area contributed by atoms with Crippen LogP contribution >= 0.6 is 0 Å². The van der Waals surface area contributed by atoms with E-state index in [-0.39, 0.29) is 6.04 Å². The zero-order valence-corrected chi connectivity index (χ0v) is 10.6. The maximum absolute atomic E-state index is 5.93. The normalized spacial score (nSPS) is 18.9. The highest BCUT2D eigenvalue weighted by molar-refractivity contribution is 5.21. The zero-order valence-electron chi connectivity index (χ0n) is 10.6. The molecule has 1 heterocycles. The van der Waals surface area contributed by atoms with Crippen LogP contribution in [0.3, 0.4) is 0 Å². The monoisotopic (exact) mass is 234 g/mol. The Labute approximate surface area is 103 Å². The van der Waals surface area contributed by atoms with Crippen LogP contribution in [-0.2, 0) is 0 Å². The van der Waals surface area contributed by atoms with E-state index in [4.69, 9.17) is 10.5 Å². The second-order valence-corrected chi connectivity index (χ2v) is 4.81. The lowest BCUT2D eigenvalue weighted by atomic mass is 9.98. The van der Waals surface area contributed by atoms with Gasteiger partial charge in [0.15, 0.2) is 0 Å². The molecule has 1 aromatic rings. The Kier molecular flexibility index (Phi) is 4.37. The van der Waals surface area contributed by atoms with Crippen LogP contribution in [0.15, 0.2) is 18.3 Å². The molecule has 0 saturated heterocycles. The van der Waals surface area contributed by atoms with Crippen molar-refractivity contribution in [3.8, 4) is 5.75 Å². The molecule has 0 aliphatic heterocycles. The summed E-state index contributed by atoms with van der Waals surface area (Å²) in [5, 5.41) is 0. The van der Waals surface area contributed by atoms with Gasteiger partial charge in [-0.05, 0) is 44.2 Å². The Morgan fingerprint density at radius 1 is 1.35 bits per heavy atom. The van der Waals surface area contributed by atoms with Crippen molar-refractivity contribution in [2.24, 2.45) is 5.73 Å². The van der Waals surface area contributed by atoms with E-state index in [9.17, 15) is 0 Å². The van der Waals surface area contributed by atoms with Gasteiger partial charge in [0.05, 0.1) is 18.0 Å². The van der Waals surface area contributed by atoms with Crippen LogP contribution in [0, 0.1) is 0 Å². The predicted molar refractivity (Wildman–Crippen MR) is 69.0 cm³/mol. The van der Waals surface area contributed by atoms with Crippen LogP contribution in [-0.4, -0.2) is 11.1 Å². The molecule has 3 heteroatoms. The van der Waals surface area contributed by atoms with E-state index < -0.39 is 0 Å². The molecule has 0 bridgehead atoms. The van der Waals surface area contributed by atoms with Gasteiger partial charge in [-0.25, -0.2) is 0 Å². The maximum Gasteiger partial charge on any atom is 0.138 e. The number of nitrogens with two attached hydrogens (primary N) is 1.